The molecule has 3 rings (SSSR count). The Hall–Kier alpha value is -2.32. The lowest BCUT2D eigenvalue weighted by molar-refractivity contribution is -0.137. The molecule has 0 bridgehead atoms. The summed E-state index contributed by atoms with van der Waals surface area (Å²) in [7, 11) is 1.53. The molecule has 1 saturated heterocycles. The van der Waals surface area contributed by atoms with Gasteiger partial charge in [-0.25, -0.2) is 0 Å². The molecular formula is C18H12F3NO2S2. The zero-order valence-electron chi connectivity index (χ0n) is 13.4. The highest BCUT2D eigenvalue weighted by atomic mass is 32.2. The van der Waals surface area contributed by atoms with E-state index in [2.05, 4.69) is 0 Å². The molecular weight excluding hydrogens is 383 g/mol. The monoisotopic (exact) mass is 395 g/mol. The number of hydrogen-bond donors (Lipinski definition) is 0. The summed E-state index contributed by atoms with van der Waals surface area (Å²) in [6, 6.07) is 11.6. The number of benzene rings is 2. The molecule has 1 aliphatic heterocycles. The van der Waals surface area contributed by atoms with Gasteiger partial charge in [0.25, 0.3) is 5.91 Å². The van der Waals surface area contributed by atoms with Crippen molar-refractivity contribution in [1.29, 1.82) is 0 Å². The average Bonchev–Trinajstić information content (AvgIpc) is 2.88. The molecule has 134 valence electrons. The number of methoxy groups -OCH3 is 1. The molecule has 0 aromatic heterocycles. The quantitative estimate of drug-likeness (QED) is 0.533. The zero-order chi connectivity index (χ0) is 18.9. The fourth-order valence-corrected chi connectivity index (χ4v) is 3.69. The second kappa shape index (κ2) is 7.13. The van der Waals surface area contributed by atoms with E-state index in [9.17, 15) is 18.0 Å². The van der Waals surface area contributed by atoms with Gasteiger partial charge in [0.15, 0.2) is 4.32 Å². The van der Waals surface area contributed by atoms with Crippen molar-refractivity contribution >= 4 is 46.0 Å². The van der Waals surface area contributed by atoms with E-state index >= 15 is 0 Å². The summed E-state index contributed by atoms with van der Waals surface area (Å²) in [6.45, 7) is 0. The van der Waals surface area contributed by atoms with E-state index in [1.54, 1.807) is 30.3 Å². The molecule has 2 aromatic rings. The number of carbonyl (C=O) groups excluding carboxylic acids is 1. The van der Waals surface area contributed by atoms with E-state index in [0.29, 0.717) is 10.7 Å². The Morgan fingerprint density at radius 1 is 1.15 bits per heavy atom. The summed E-state index contributed by atoms with van der Waals surface area (Å²) >= 11 is 6.24. The van der Waals surface area contributed by atoms with Crippen LogP contribution in [0, 0.1) is 0 Å². The number of alkyl halides is 3. The minimum atomic E-state index is -4.49. The van der Waals surface area contributed by atoms with Gasteiger partial charge < -0.3 is 4.74 Å². The Bertz CT molecular complexity index is 909. The van der Waals surface area contributed by atoms with Gasteiger partial charge >= 0.3 is 6.18 Å². The summed E-state index contributed by atoms with van der Waals surface area (Å²) in [5.41, 5.74) is -0.00825. The number of nitrogens with zero attached hydrogens (tertiary/aromatic N) is 1. The molecule has 0 unspecified atom stereocenters. The van der Waals surface area contributed by atoms with Crippen LogP contribution in [0.15, 0.2) is 53.4 Å². The van der Waals surface area contributed by atoms with Crippen LogP contribution < -0.4 is 9.64 Å². The molecule has 0 spiro atoms. The summed E-state index contributed by atoms with van der Waals surface area (Å²) in [6.07, 6.45) is -2.86. The smallest absolute Gasteiger partial charge is 0.416 e. The first-order valence-electron chi connectivity index (χ1n) is 7.39. The standard InChI is InChI=1S/C18H12F3NO2S2/c1-24-14-7-2-4-11(8-14)9-15-16(23)22(17(25)26-15)13-6-3-5-12(10-13)18(19,20)21/h2-10H,1H3/b15-9+. The van der Waals surface area contributed by atoms with Gasteiger partial charge in [-0.2, -0.15) is 13.2 Å². The van der Waals surface area contributed by atoms with Crippen molar-refractivity contribution in [2.45, 2.75) is 6.18 Å². The van der Waals surface area contributed by atoms with Crippen LogP contribution >= 0.6 is 24.0 Å². The first-order valence-corrected chi connectivity index (χ1v) is 8.61. The highest BCUT2D eigenvalue weighted by Crippen LogP contribution is 2.38. The Balaban J connectivity index is 1.93. The maximum Gasteiger partial charge on any atom is 0.416 e. The number of thioether (sulfide) groups is 1. The van der Waals surface area contributed by atoms with Gasteiger partial charge in [0, 0.05) is 0 Å². The lowest BCUT2D eigenvalue weighted by atomic mass is 10.1. The predicted octanol–water partition coefficient (Wildman–Crippen LogP) is 5.12. The van der Waals surface area contributed by atoms with Crippen LogP contribution in [0.3, 0.4) is 0 Å². The van der Waals surface area contributed by atoms with E-state index in [1.807, 2.05) is 0 Å². The molecule has 3 nitrogen and oxygen atoms in total. The predicted molar refractivity (Wildman–Crippen MR) is 100 cm³/mol. The molecule has 0 aliphatic carbocycles. The van der Waals surface area contributed by atoms with Gasteiger partial charge in [-0.05, 0) is 42.0 Å². The van der Waals surface area contributed by atoms with Crippen molar-refractivity contribution in [3.05, 3.63) is 64.6 Å². The third-order valence-electron chi connectivity index (χ3n) is 3.62. The van der Waals surface area contributed by atoms with Crippen molar-refractivity contribution in [1.82, 2.24) is 0 Å². The van der Waals surface area contributed by atoms with E-state index in [4.69, 9.17) is 17.0 Å². The fraction of sp³-hybridized carbons (Fsp3) is 0.111. The molecule has 26 heavy (non-hydrogen) atoms. The summed E-state index contributed by atoms with van der Waals surface area (Å²) < 4.78 is 44.1. The van der Waals surface area contributed by atoms with Crippen molar-refractivity contribution in [3.63, 3.8) is 0 Å². The van der Waals surface area contributed by atoms with Gasteiger partial charge in [0.1, 0.15) is 5.75 Å². The van der Waals surface area contributed by atoms with Crippen LogP contribution in [0.2, 0.25) is 0 Å². The topological polar surface area (TPSA) is 29.5 Å². The fourth-order valence-electron chi connectivity index (χ4n) is 2.39. The highest BCUT2D eigenvalue weighted by Gasteiger charge is 2.36. The van der Waals surface area contributed by atoms with Gasteiger partial charge in [0.05, 0.1) is 23.3 Å². The maximum atomic E-state index is 12.9. The Morgan fingerprint density at radius 2 is 1.88 bits per heavy atom. The van der Waals surface area contributed by atoms with Crippen LogP contribution in [-0.4, -0.2) is 17.3 Å². The number of rotatable bonds is 3. The minimum Gasteiger partial charge on any atom is -0.497 e. The molecule has 1 heterocycles. The highest BCUT2D eigenvalue weighted by molar-refractivity contribution is 8.27. The number of ether oxygens (including phenoxy) is 1. The van der Waals surface area contributed by atoms with Gasteiger partial charge in [-0.3, -0.25) is 9.69 Å². The van der Waals surface area contributed by atoms with Crippen LogP contribution in [0.5, 0.6) is 5.75 Å². The van der Waals surface area contributed by atoms with Crippen LogP contribution in [-0.2, 0) is 11.0 Å². The molecule has 1 aliphatic rings. The molecule has 8 heteroatoms. The third kappa shape index (κ3) is 3.76. The second-order valence-electron chi connectivity index (χ2n) is 5.34. The first kappa shape index (κ1) is 18.5. The van der Waals surface area contributed by atoms with Crippen LogP contribution in [0.4, 0.5) is 18.9 Å². The lowest BCUT2D eigenvalue weighted by Crippen LogP contribution is -2.27. The Kier molecular flexibility index (Phi) is 5.06. The number of carbonyl (C=O) groups is 1. The van der Waals surface area contributed by atoms with Crippen molar-refractivity contribution < 1.29 is 22.7 Å². The largest absolute Gasteiger partial charge is 0.497 e. The number of hydrogen-bond acceptors (Lipinski definition) is 4. The SMILES string of the molecule is COc1cccc(/C=C2/SC(=S)N(c3cccc(C(F)(F)F)c3)C2=O)c1. The molecule has 0 saturated carbocycles. The van der Waals surface area contributed by atoms with E-state index in [-0.39, 0.29) is 10.0 Å². The maximum absolute atomic E-state index is 12.9. The molecule has 0 atom stereocenters. The van der Waals surface area contributed by atoms with E-state index in [0.717, 1.165) is 34.4 Å². The number of amides is 1. The molecule has 1 amide bonds. The molecule has 0 radical (unpaired) electrons. The zero-order valence-corrected chi connectivity index (χ0v) is 15.0. The molecule has 0 N–H and O–H groups in total. The van der Waals surface area contributed by atoms with Crippen LogP contribution in [0.25, 0.3) is 6.08 Å². The first-order chi connectivity index (χ1) is 12.3. The lowest BCUT2D eigenvalue weighted by Gasteiger charge is -2.16. The van der Waals surface area contributed by atoms with Gasteiger partial charge in [0.2, 0.25) is 0 Å². The summed E-state index contributed by atoms with van der Waals surface area (Å²) in [5, 5.41) is 0. The number of thiocarbonyl (C=S) groups is 1. The molecule has 2 aromatic carbocycles. The minimum absolute atomic E-state index is 0.0939. The average molecular weight is 395 g/mol. The van der Waals surface area contributed by atoms with Crippen LogP contribution in [0.1, 0.15) is 11.1 Å². The third-order valence-corrected chi connectivity index (χ3v) is 4.92. The Labute approximate surface area is 157 Å². The number of halogens is 3. The van der Waals surface area contributed by atoms with Crippen molar-refractivity contribution in [2.75, 3.05) is 12.0 Å². The van der Waals surface area contributed by atoms with E-state index in [1.165, 1.54) is 19.2 Å². The van der Waals surface area contributed by atoms with Gasteiger partial charge in [-0.15, -0.1) is 0 Å². The van der Waals surface area contributed by atoms with Gasteiger partial charge in [-0.1, -0.05) is 42.2 Å². The van der Waals surface area contributed by atoms with Crippen molar-refractivity contribution in [3.8, 4) is 5.75 Å². The summed E-state index contributed by atoms with van der Waals surface area (Å²) in [4.78, 5) is 14.1. The van der Waals surface area contributed by atoms with E-state index < -0.39 is 17.6 Å². The number of anilines is 1. The molecule has 1 fully saturated rings. The normalized spacial score (nSPS) is 16.5. The second-order valence-corrected chi connectivity index (χ2v) is 7.02. The Morgan fingerprint density at radius 3 is 2.58 bits per heavy atom. The summed E-state index contributed by atoms with van der Waals surface area (Å²) in [5.74, 6) is 0.175. The van der Waals surface area contributed by atoms with Crippen molar-refractivity contribution in [2.24, 2.45) is 0 Å².